The zero-order valence-electron chi connectivity index (χ0n) is 5.60. The van der Waals surface area contributed by atoms with Crippen LogP contribution in [0.1, 0.15) is 0 Å². The van der Waals surface area contributed by atoms with Crippen LogP contribution in [0.4, 0.5) is 8.78 Å². The lowest BCUT2D eigenvalue weighted by atomic mass is 10.5. The van der Waals surface area contributed by atoms with Crippen molar-refractivity contribution in [1.29, 1.82) is 0 Å². The van der Waals surface area contributed by atoms with Crippen LogP contribution in [-0.4, -0.2) is 11.6 Å². The summed E-state index contributed by atoms with van der Waals surface area (Å²) in [5.74, 6) is 0.0467. The Balaban J connectivity index is 2.86. The van der Waals surface area contributed by atoms with E-state index in [4.69, 9.17) is 0 Å². The minimum atomic E-state index is -2.82. The van der Waals surface area contributed by atoms with E-state index in [1.807, 2.05) is 22.6 Å². The van der Waals surface area contributed by atoms with Crippen molar-refractivity contribution in [1.82, 2.24) is 4.98 Å². The Morgan fingerprint density at radius 3 is 2.67 bits per heavy atom. The molecule has 12 heavy (non-hydrogen) atoms. The topological polar surface area (TPSA) is 22.1 Å². The third-order valence-corrected chi connectivity index (χ3v) is 2.17. The number of hydrogen-bond acceptors (Lipinski definition) is 2. The van der Waals surface area contributed by atoms with Gasteiger partial charge in [-0.2, -0.15) is 8.78 Å². The normalized spacial score (nSPS) is 10.4. The second-order valence-corrected chi connectivity index (χ2v) is 3.66. The minimum absolute atomic E-state index is 0.0467. The molecule has 0 aliphatic rings. The molecule has 0 aliphatic heterocycles. The molecule has 0 spiro atoms. The van der Waals surface area contributed by atoms with Crippen molar-refractivity contribution in [3.8, 4) is 5.75 Å². The van der Waals surface area contributed by atoms with Crippen LogP contribution in [0.5, 0.6) is 5.75 Å². The molecular weight excluding hydrogens is 347 g/mol. The fraction of sp³-hybridized carbons (Fsp3) is 0.167. The summed E-state index contributed by atoms with van der Waals surface area (Å²) in [5, 5.41) is 0. The average Bonchev–Trinajstić information content (AvgIpc) is 1.94. The Labute approximate surface area is 89.6 Å². The highest BCUT2D eigenvalue weighted by atomic mass is 127. The lowest BCUT2D eigenvalue weighted by Crippen LogP contribution is -2.03. The summed E-state index contributed by atoms with van der Waals surface area (Å²) in [6, 6.07) is 3.02. The molecule has 2 nitrogen and oxygen atoms in total. The van der Waals surface area contributed by atoms with Gasteiger partial charge in [0.1, 0.15) is 8.30 Å². The molecule has 0 radical (unpaired) electrons. The molecule has 1 aromatic rings. The van der Waals surface area contributed by atoms with Crippen LogP contribution in [0.3, 0.4) is 0 Å². The highest BCUT2D eigenvalue weighted by Gasteiger charge is 2.08. The molecule has 0 saturated carbocycles. The predicted octanol–water partition coefficient (Wildman–Crippen LogP) is 3.05. The zero-order valence-corrected chi connectivity index (χ0v) is 9.34. The predicted molar refractivity (Wildman–Crippen MR) is 51.3 cm³/mol. The number of nitrogens with zero attached hydrogens (tertiary/aromatic N) is 1. The summed E-state index contributed by atoms with van der Waals surface area (Å²) in [7, 11) is 0. The van der Waals surface area contributed by atoms with Gasteiger partial charge < -0.3 is 4.74 Å². The maximum atomic E-state index is 11.7. The van der Waals surface area contributed by atoms with Crippen molar-refractivity contribution < 1.29 is 13.5 Å². The average molecular weight is 350 g/mol. The summed E-state index contributed by atoms with van der Waals surface area (Å²) in [4.78, 5) is 3.87. The van der Waals surface area contributed by atoms with Crippen LogP contribution in [0.2, 0.25) is 0 Å². The van der Waals surface area contributed by atoms with Crippen molar-refractivity contribution in [2.24, 2.45) is 0 Å². The van der Waals surface area contributed by atoms with Gasteiger partial charge in [0, 0.05) is 0 Å². The van der Waals surface area contributed by atoms with Crippen molar-refractivity contribution >= 4 is 38.5 Å². The first kappa shape index (κ1) is 10.1. The van der Waals surface area contributed by atoms with E-state index in [0.29, 0.717) is 3.70 Å². The molecule has 0 fully saturated rings. The van der Waals surface area contributed by atoms with Crippen molar-refractivity contribution in [2.75, 3.05) is 0 Å². The summed E-state index contributed by atoms with van der Waals surface area (Å²) < 4.78 is 28.6. The molecule has 0 atom stereocenters. The maximum absolute atomic E-state index is 11.7. The van der Waals surface area contributed by atoms with Gasteiger partial charge in [-0.25, -0.2) is 4.98 Å². The van der Waals surface area contributed by atoms with Gasteiger partial charge in [-0.3, -0.25) is 0 Å². The lowest BCUT2D eigenvalue weighted by molar-refractivity contribution is -0.0506. The van der Waals surface area contributed by atoms with Crippen molar-refractivity contribution in [3.05, 3.63) is 20.4 Å². The molecule has 1 aromatic heterocycles. The first-order valence-corrected chi connectivity index (χ1v) is 4.73. The second-order valence-electron chi connectivity index (χ2n) is 1.80. The van der Waals surface area contributed by atoms with Gasteiger partial charge in [0.15, 0.2) is 5.75 Å². The number of aromatic nitrogens is 1. The summed E-state index contributed by atoms with van der Waals surface area (Å²) in [6.07, 6.45) is 0. The number of alkyl halides is 2. The van der Waals surface area contributed by atoms with Crippen molar-refractivity contribution in [3.63, 3.8) is 0 Å². The number of pyridine rings is 1. The van der Waals surface area contributed by atoms with Gasteiger partial charge in [-0.15, -0.1) is 0 Å². The van der Waals surface area contributed by atoms with Gasteiger partial charge in [-0.1, -0.05) is 0 Å². The molecule has 0 saturated heterocycles. The number of rotatable bonds is 2. The maximum Gasteiger partial charge on any atom is 0.387 e. The minimum Gasteiger partial charge on any atom is -0.432 e. The van der Waals surface area contributed by atoms with Crippen LogP contribution in [-0.2, 0) is 0 Å². The fourth-order valence-corrected chi connectivity index (χ4v) is 1.75. The molecule has 0 bridgehead atoms. The molecule has 0 unspecified atom stereocenters. The Hall–Kier alpha value is 0.0200. The smallest absolute Gasteiger partial charge is 0.387 e. The summed E-state index contributed by atoms with van der Waals surface area (Å²) in [5.41, 5.74) is 0. The molecule has 0 aromatic carbocycles. The standard InChI is InChI=1S/C6H3BrF2INO/c7-5-3(12-6(8)9)1-2-4(10)11-5/h1-2,6H. The quantitative estimate of drug-likeness (QED) is 0.604. The van der Waals surface area contributed by atoms with E-state index in [1.54, 1.807) is 6.07 Å². The van der Waals surface area contributed by atoms with E-state index in [9.17, 15) is 8.78 Å². The Kier molecular flexibility index (Phi) is 3.63. The zero-order chi connectivity index (χ0) is 9.14. The number of hydrogen-bond donors (Lipinski definition) is 0. The molecule has 0 N–H and O–H groups in total. The van der Waals surface area contributed by atoms with E-state index in [2.05, 4.69) is 25.7 Å². The van der Waals surface area contributed by atoms with Crippen LogP contribution in [0, 0.1) is 3.70 Å². The Morgan fingerprint density at radius 2 is 2.17 bits per heavy atom. The molecule has 1 heterocycles. The summed E-state index contributed by atoms with van der Waals surface area (Å²) >= 11 is 4.97. The van der Waals surface area contributed by atoms with Gasteiger partial charge in [0.05, 0.1) is 0 Å². The molecule has 66 valence electrons. The van der Waals surface area contributed by atoms with Crippen LogP contribution >= 0.6 is 38.5 Å². The van der Waals surface area contributed by atoms with Gasteiger partial charge in [-0.05, 0) is 50.7 Å². The fourth-order valence-electron chi connectivity index (χ4n) is 0.583. The monoisotopic (exact) mass is 349 g/mol. The molecule has 0 amide bonds. The Morgan fingerprint density at radius 1 is 1.50 bits per heavy atom. The SMILES string of the molecule is FC(F)Oc1ccc(I)nc1Br. The van der Waals surface area contributed by atoms with E-state index in [1.165, 1.54) is 6.07 Å². The van der Waals surface area contributed by atoms with Gasteiger partial charge in [0.2, 0.25) is 0 Å². The number of ether oxygens (including phenoxy) is 1. The van der Waals surface area contributed by atoms with Gasteiger partial charge in [0.25, 0.3) is 0 Å². The third kappa shape index (κ3) is 2.81. The first-order valence-electron chi connectivity index (χ1n) is 2.86. The van der Waals surface area contributed by atoms with E-state index in [-0.39, 0.29) is 10.4 Å². The van der Waals surface area contributed by atoms with Crippen LogP contribution in [0.15, 0.2) is 16.7 Å². The third-order valence-electron chi connectivity index (χ3n) is 0.997. The van der Waals surface area contributed by atoms with E-state index >= 15 is 0 Å². The molecule has 6 heteroatoms. The molecule has 1 rings (SSSR count). The lowest BCUT2D eigenvalue weighted by Gasteiger charge is -2.05. The van der Waals surface area contributed by atoms with Crippen molar-refractivity contribution in [2.45, 2.75) is 6.61 Å². The van der Waals surface area contributed by atoms with Crippen LogP contribution in [0.25, 0.3) is 0 Å². The second kappa shape index (κ2) is 4.31. The highest BCUT2D eigenvalue weighted by molar-refractivity contribution is 14.1. The Bertz CT molecular complexity index is 284. The molecule has 0 aliphatic carbocycles. The summed E-state index contributed by atoms with van der Waals surface area (Å²) in [6.45, 7) is -2.82. The number of halogens is 4. The van der Waals surface area contributed by atoms with E-state index in [0.717, 1.165) is 0 Å². The first-order chi connectivity index (χ1) is 5.59. The van der Waals surface area contributed by atoms with Crippen LogP contribution < -0.4 is 4.74 Å². The largest absolute Gasteiger partial charge is 0.432 e. The van der Waals surface area contributed by atoms with Gasteiger partial charge >= 0.3 is 6.61 Å². The molecular formula is C6H3BrF2INO. The highest BCUT2D eigenvalue weighted by Crippen LogP contribution is 2.24. The van der Waals surface area contributed by atoms with E-state index < -0.39 is 6.61 Å².